The van der Waals surface area contributed by atoms with Gasteiger partial charge in [-0.1, -0.05) is 304 Å². The molecule has 1 radical (unpaired) electrons. The third-order valence-corrected chi connectivity index (χ3v) is 42.1. The Labute approximate surface area is 689 Å². The quantitative estimate of drug-likeness (QED) is 0.189. The van der Waals surface area contributed by atoms with Crippen LogP contribution in [0.15, 0.2) is 0 Å². The van der Waals surface area contributed by atoms with Gasteiger partial charge in [0, 0.05) is 79.9 Å². The van der Waals surface area contributed by atoms with Crippen LogP contribution in [0.2, 0.25) is 196 Å². The summed E-state index contributed by atoms with van der Waals surface area (Å²) in [5, 5.41) is 12.0. The SMILES string of the molecule is C1CCN2C[C@@H]3C[C@@H](CN4CCCC[C@@H]34)[C@H]2C1.C1CCN2C[C@@H]3C[C@@H](CN4CCCC[C@@H]34)[C@H]2C1.C[Si](C)(C)[N-][Si](C)(C)C.C[Si](C)(C)[N-][Si](C)(C)C.C[Si](C)(C)[N-][Si](C)(C)C.C[Si](C)(C)[N-][Si](C)(C)C.C[Si](C)(C)[N-][Si](C)(C)C.OO.[Na+].[Na+].[Na+].[Na+].[Na+].[Na]. The minimum absolute atomic E-state index is 0. The monoisotopic (exact) mass is 1440 g/mol. The summed E-state index contributed by atoms with van der Waals surface area (Å²) in [6.45, 7) is 80.3. The second kappa shape index (κ2) is 47.2. The Morgan fingerprint density at radius 1 is 0.241 bits per heavy atom. The molecule has 8 aliphatic heterocycles. The van der Waals surface area contributed by atoms with Gasteiger partial charge in [-0.05, 0) is 114 Å². The molecule has 8 atom stereocenters. The molecule has 87 heavy (non-hydrogen) atoms. The zero-order chi connectivity index (χ0) is 63.0. The minimum Gasteiger partial charge on any atom is -0.668 e. The Morgan fingerprint density at radius 2 is 0.368 bits per heavy atom. The average Bonchev–Trinajstić information content (AvgIpc) is 3.22. The Hall–Kier alpha value is 7.73. The number of nitrogens with zero attached hydrogens (tertiary/aromatic N) is 9. The van der Waals surface area contributed by atoms with Crippen LogP contribution in [-0.4, -0.2) is 219 Å². The molecule has 0 aliphatic carbocycles. The number of fused-ring (bicyclic) bond motifs is 12. The number of hydrogen-bond acceptors (Lipinski definition) is 6. The third-order valence-electron chi connectivity index (χ3n) is 15.3. The van der Waals surface area contributed by atoms with E-state index in [0.29, 0.717) is 0 Å². The molecule has 27 heteroatoms. The van der Waals surface area contributed by atoms with Gasteiger partial charge in [-0.2, -0.15) is 0 Å². The fourth-order valence-corrected chi connectivity index (χ4v) is 55.8. The predicted octanol–water partition coefficient (Wildman–Crippen LogP) is 4.50. The van der Waals surface area contributed by atoms with Crippen molar-refractivity contribution in [2.45, 2.75) is 310 Å². The Balaban J connectivity index is -0.000000222. The molecule has 0 amide bonds. The van der Waals surface area contributed by atoms with Crippen molar-refractivity contribution in [3.63, 3.8) is 0 Å². The largest absolute Gasteiger partial charge is 1.00 e. The van der Waals surface area contributed by atoms with Crippen LogP contribution >= 0.6 is 0 Å². The smallest absolute Gasteiger partial charge is 0.668 e. The molecule has 0 unspecified atom stereocenters. The summed E-state index contributed by atoms with van der Waals surface area (Å²) < 4.78 is 24.1. The van der Waals surface area contributed by atoms with E-state index in [1.165, 1.54) is 129 Å². The molecule has 0 spiro atoms. The van der Waals surface area contributed by atoms with Gasteiger partial charge in [0.1, 0.15) is 0 Å². The normalized spacial score (nSPS) is 25.8. The van der Waals surface area contributed by atoms with Crippen LogP contribution in [-0.2, 0) is 0 Å². The van der Waals surface area contributed by atoms with E-state index in [2.05, 4.69) is 216 Å². The summed E-state index contributed by atoms with van der Waals surface area (Å²) in [4.78, 5) is 11.5. The van der Waals surface area contributed by atoms with Crippen molar-refractivity contribution >= 4 is 112 Å². The Morgan fingerprint density at radius 3 is 0.471 bits per heavy atom. The number of hydrogen-bond donors (Lipinski definition) is 2. The Bertz CT molecular complexity index is 1410. The van der Waals surface area contributed by atoms with Gasteiger partial charge >= 0.3 is 148 Å². The maximum atomic E-state index is 6.00. The first kappa shape index (κ1) is 106. The molecule has 8 rings (SSSR count). The molecule has 8 saturated heterocycles. The minimum atomic E-state index is -1.11. The van der Waals surface area contributed by atoms with Crippen molar-refractivity contribution in [2.24, 2.45) is 23.7 Å². The molecule has 487 valence electrons. The summed E-state index contributed by atoms with van der Waals surface area (Å²) in [7, 11) is -11.1. The molecule has 8 aliphatic rings. The summed E-state index contributed by atoms with van der Waals surface area (Å²) in [5.74, 6) is 4.07. The number of rotatable bonds is 10. The van der Waals surface area contributed by atoms with Gasteiger partial charge in [0.05, 0.1) is 0 Å². The van der Waals surface area contributed by atoms with Crippen LogP contribution in [0.1, 0.15) is 89.9 Å². The molecular weight excluding hydrogens is 1300 g/mol. The first-order valence-corrected chi connectivity index (χ1v) is 67.7. The van der Waals surface area contributed by atoms with Crippen molar-refractivity contribution in [2.75, 3.05) is 52.4 Å². The molecule has 4 bridgehead atoms. The maximum absolute atomic E-state index is 6.00. The second-order valence-corrected chi connectivity index (χ2v) is 83.9. The van der Waals surface area contributed by atoms with E-state index >= 15 is 0 Å². The van der Waals surface area contributed by atoms with Gasteiger partial charge in [0.15, 0.2) is 0 Å². The molecule has 0 saturated carbocycles. The van der Waals surface area contributed by atoms with E-state index in [-0.39, 0.29) is 177 Å². The molecule has 0 aromatic carbocycles. The van der Waals surface area contributed by atoms with E-state index in [0.717, 1.165) is 47.8 Å². The van der Waals surface area contributed by atoms with Crippen LogP contribution in [0, 0.1) is 23.7 Å². The molecular formula is C60H144N9Na6O2Si10. The average molecular weight is 1440 g/mol. The van der Waals surface area contributed by atoms with E-state index in [4.69, 9.17) is 33.8 Å². The molecule has 8 fully saturated rings. The summed E-state index contributed by atoms with van der Waals surface area (Å²) in [6.07, 6.45) is 20.9. The predicted molar refractivity (Wildman–Crippen MR) is 401 cm³/mol. The standard InChI is InChI=1S/2C15H26N2.5C6H18NSi2.6Na.H2O2/c2*1-3-7-16-11-13-9-12(14(16)5-1)10-17-8-4-2-6-15(13)17;5*1-8(2,3)7-9(4,5)6;;;;;;;1-2/h2*12-15H,1-11H2;5*1-6H3;;;;;;;1-2H/q;;5*-1;;5*+1;/t2*12-,13-,14-,15+;;;;;;;;;;;;/m00............/s1. The summed E-state index contributed by atoms with van der Waals surface area (Å²) in [5.41, 5.74) is 0. The van der Waals surface area contributed by atoms with Crippen molar-refractivity contribution in [1.29, 1.82) is 0 Å². The van der Waals surface area contributed by atoms with Gasteiger partial charge in [0.2, 0.25) is 0 Å². The topological polar surface area (TPSA) is 124 Å². The van der Waals surface area contributed by atoms with Crippen LogP contribution < -0.4 is 148 Å². The zero-order valence-electron chi connectivity index (χ0n) is 66.1. The van der Waals surface area contributed by atoms with Gasteiger partial charge in [-0.25, -0.2) is 0 Å². The van der Waals surface area contributed by atoms with Crippen molar-refractivity contribution in [1.82, 2.24) is 19.6 Å². The summed E-state index contributed by atoms with van der Waals surface area (Å²) in [6, 6.07) is 3.84. The van der Waals surface area contributed by atoms with Gasteiger partial charge in [-0.15, -0.1) is 0 Å². The maximum Gasteiger partial charge on any atom is 1.00 e. The third kappa shape index (κ3) is 53.2. The fourth-order valence-electron chi connectivity index (χ4n) is 15.5. The zero-order valence-corrected chi connectivity index (χ0v) is 88.1. The number of piperidine rings is 8. The van der Waals surface area contributed by atoms with Crippen molar-refractivity contribution in [3.8, 4) is 0 Å². The van der Waals surface area contributed by atoms with Gasteiger partial charge < -0.3 is 23.2 Å². The van der Waals surface area contributed by atoms with E-state index in [1.54, 1.807) is 12.8 Å². The van der Waals surface area contributed by atoms with Crippen LogP contribution in [0.5, 0.6) is 0 Å². The molecule has 0 aromatic rings. The van der Waals surface area contributed by atoms with E-state index in [9.17, 15) is 0 Å². The van der Waals surface area contributed by atoms with Gasteiger partial charge in [-0.3, -0.25) is 30.1 Å². The summed E-state index contributed by atoms with van der Waals surface area (Å²) >= 11 is 0. The van der Waals surface area contributed by atoms with Crippen molar-refractivity contribution < 1.29 is 158 Å². The van der Waals surface area contributed by atoms with Crippen LogP contribution in [0.4, 0.5) is 0 Å². The van der Waals surface area contributed by atoms with Gasteiger partial charge in [0.25, 0.3) is 0 Å². The molecule has 0 aromatic heterocycles. The van der Waals surface area contributed by atoms with Crippen LogP contribution in [0.25, 0.3) is 23.2 Å². The van der Waals surface area contributed by atoms with E-state index in [1.807, 2.05) is 0 Å². The first-order valence-electron chi connectivity index (χ1n) is 33.2. The van der Waals surface area contributed by atoms with E-state index < -0.39 is 82.4 Å². The first-order chi connectivity index (χ1) is 36.4. The van der Waals surface area contributed by atoms with Crippen molar-refractivity contribution in [3.05, 3.63) is 23.2 Å². The Kier molecular flexibility index (Phi) is 57.3. The fraction of sp³-hybridized carbons (Fsp3) is 1.00. The molecule has 2 N–H and O–H groups in total. The second-order valence-electron chi connectivity index (χ2n) is 36.0. The molecule has 8 heterocycles. The molecule has 11 nitrogen and oxygen atoms in total. The van der Waals surface area contributed by atoms with Crippen LogP contribution in [0.3, 0.4) is 0 Å².